The second kappa shape index (κ2) is 8.51. The fourth-order valence-electron chi connectivity index (χ4n) is 3.52. The van der Waals surface area contributed by atoms with Gasteiger partial charge in [-0.3, -0.25) is 24.1 Å². The van der Waals surface area contributed by atoms with Crippen molar-refractivity contribution in [2.24, 2.45) is 4.99 Å². The van der Waals surface area contributed by atoms with Crippen molar-refractivity contribution in [2.45, 2.75) is 33.2 Å². The van der Waals surface area contributed by atoms with E-state index in [1.165, 1.54) is 30.6 Å². The second-order valence-corrected chi connectivity index (χ2v) is 8.55. The van der Waals surface area contributed by atoms with Crippen LogP contribution >= 0.6 is 11.3 Å². The summed E-state index contributed by atoms with van der Waals surface area (Å²) >= 11 is 1.32. The molecule has 1 fully saturated rings. The summed E-state index contributed by atoms with van der Waals surface area (Å²) in [6.07, 6.45) is 0.389. The van der Waals surface area contributed by atoms with Gasteiger partial charge in [-0.1, -0.05) is 11.3 Å². The number of nitrogens with zero attached hydrogens (tertiary/aromatic N) is 3. The Morgan fingerprint density at radius 3 is 2.28 bits per heavy atom. The summed E-state index contributed by atoms with van der Waals surface area (Å²) in [5, 5.41) is 0. The molecule has 2 aromatic carbocycles. The van der Waals surface area contributed by atoms with Crippen LogP contribution in [0.15, 0.2) is 41.4 Å². The van der Waals surface area contributed by atoms with Crippen LogP contribution < -0.4 is 9.70 Å². The van der Waals surface area contributed by atoms with Crippen LogP contribution in [-0.2, 0) is 25.7 Å². The molecule has 8 nitrogen and oxygen atoms in total. The first-order chi connectivity index (χ1) is 15.3. The molecule has 9 heteroatoms. The number of amides is 3. The number of hydrogen-bond acceptors (Lipinski definition) is 6. The van der Waals surface area contributed by atoms with E-state index in [-0.39, 0.29) is 31.2 Å². The first-order valence-electron chi connectivity index (χ1n) is 10.0. The third kappa shape index (κ3) is 3.99. The van der Waals surface area contributed by atoms with E-state index in [4.69, 9.17) is 4.74 Å². The highest BCUT2D eigenvalue weighted by Crippen LogP contribution is 2.24. The maximum Gasteiger partial charge on any atom is 0.325 e. The Hall–Kier alpha value is -3.59. The molecule has 0 aliphatic carbocycles. The molecule has 4 rings (SSSR count). The zero-order chi connectivity index (χ0) is 23.0. The molecule has 1 aliphatic heterocycles. The second-order valence-electron chi connectivity index (χ2n) is 7.54. The minimum atomic E-state index is -0.491. The predicted molar refractivity (Wildman–Crippen MR) is 119 cm³/mol. The number of ether oxygens (including phenoxy) is 1. The number of aryl methyl sites for hydroxylation is 2. The molecule has 0 spiro atoms. The molecular formula is C23H21N3O5S. The van der Waals surface area contributed by atoms with E-state index in [0.29, 0.717) is 16.1 Å². The Bertz CT molecular complexity index is 1320. The minimum absolute atomic E-state index is 0.0662. The van der Waals surface area contributed by atoms with Crippen LogP contribution in [0.1, 0.15) is 34.3 Å². The van der Waals surface area contributed by atoms with Crippen LogP contribution in [0.25, 0.3) is 10.2 Å². The zero-order valence-electron chi connectivity index (χ0n) is 17.9. The SMILES string of the molecule is COC(=O)Cn1c(=NC(=O)c2ccc(N3C(=O)CCC3=O)cc2)sc2cc(C)c(C)cc21. The number of rotatable bonds is 4. The molecule has 1 aliphatic rings. The Morgan fingerprint density at radius 2 is 1.66 bits per heavy atom. The fraction of sp³-hybridized carbons (Fsp3) is 0.261. The van der Waals surface area contributed by atoms with E-state index in [2.05, 4.69) is 4.99 Å². The molecule has 0 radical (unpaired) electrons. The molecule has 0 saturated carbocycles. The molecule has 1 aromatic heterocycles. The molecule has 1 saturated heterocycles. The van der Waals surface area contributed by atoms with E-state index >= 15 is 0 Å². The van der Waals surface area contributed by atoms with Crippen LogP contribution in [0.2, 0.25) is 0 Å². The highest BCUT2D eigenvalue weighted by atomic mass is 32.1. The van der Waals surface area contributed by atoms with E-state index in [0.717, 1.165) is 26.2 Å². The first-order valence-corrected chi connectivity index (χ1v) is 10.8. The van der Waals surface area contributed by atoms with Gasteiger partial charge in [-0.2, -0.15) is 4.99 Å². The van der Waals surface area contributed by atoms with Crippen molar-refractivity contribution in [2.75, 3.05) is 12.0 Å². The van der Waals surface area contributed by atoms with Gasteiger partial charge in [0, 0.05) is 18.4 Å². The van der Waals surface area contributed by atoms with E-state index in [9.17, 15) is 19.2 Å². The quantitative estimate of drug-likeness (QED) is 0.449. The smallest absolute Gasteiger partial charge is 0.325 e. The van der Waals surface area contributed by atoms with Gasteiger partial charge >= 0.3 is 5.97 Å². The number of methoxy groups -OCH3 is 1. The van der Waals surface area contributed by atoms with Crippen molar-refractivity contribution in [1.29, 1.82) is 0 Å². The van der Waals surface area contributed by atoms with Crippen LogP contribution in [0, 0.1) is 13.8 Å². The van der Waals surface area contributed by atoms with Gasteiger partial charge in [0.2, 0.25) is 11.8 Å². The lowest BCUT2D eigenvalue weighted by atomic mass is 10.1. The fourth-order valence-corrected chi connectivity index (χ4v) is 4.63. The van der Waals surface area contributed by atoms with Crippen LogP contribution in [0.5, 0.6) is 0 Å². The highest BCUT2D eigenvalue weighted by molar-refractivity contribution is 7.16. The van der Waals surface area contributed by atoms with Crippen molar-refractivity contribution >= 4 is 50.9 Å². The lowest BCUT2D eigenvalue weighted by molar-refractivity contribution is -0.141. The largest absolute Gasteiger partial charge is 0.468 e. The van der Waals surface area contributed by atoms with Gasteiger partial charge in [-0.25, -0.2) is 0 Å². The molecular weight excluding hydrogens is 430 g/mol. The standard InChI is InChI=1S/C23H21N3O5S/c1-13-10-17-18(11-14(13)2)32-23(25(17)12-21(29)31-3)24-22(30)15-4-6-16(7-5-15)26-19(27)8-9-20(26)28/h4-7,10-11H,8-9,12H2,1-3H3. The number of aromatic nitrogens is 1. The number of anilines is 1. The Balaban J connectivity index is 1.72. The lowest BCUT2D eigenvalue weighted by Crippen LogP contribution is -2.28. The van der Waals surface area contributed by atoms with Gasteiger partial charge in [-0.15, -0.1) is 0 Å². The molecule has 3 amide bonds. The number of hydrogen-bond donors (Lipinski definition) is 0. The lowest BCUT2D eigenvalue weighted by Gasteiger charge is -2.13. The number of thiazole rings is 1. The van der Waals surface area contributed by atoms with E-state index in [1.54, 1.807) is 16.7 Å². The number of carbonyl (C=O) groups excluding carboxylic acids is 4. The average Bonchev–Trinajstić information content (AvgIpc) is 3.27. The van der Waals surface area contributed by atoms with Gasteiger partial charge < -0.3 is 9.30 Å². The summed E-state index contributed by atoms with van der Waals surface area (Å²) < 4.78 is 7.39. The van der Waals surface area contributed by atoms with Crippen LogP contribution in [0.3, 0.4) is 0 Å². The zero-order valence-corrected chi connectivity index (χ0v) is 18.7. The van der Waals surface area contributed by atoms with Gasteiger partial charge in [-0.05, 0) is 61.4 Å². The molecule has 0 bridgehead atoms. The minimum Gasteiger partial charge on any atom is -0.468 e. The number of fused-ring (bicyclic) bond motifs is 1. The average molecular weight is 452 g/mol. The maximum atomic E-state index is 12.9. The summed E-state index contributed by atoms with van der Waals surface area (Å²) in [5.74, 6) is -1.44. The summed E-state index contributed by atoms with van der Waals surface area (Å²) in [6, 6.07) is 10.2. The van der Waals surface area contributed by atoms with Crippen LogP contribution in [0.4, 0.5) is 5.69 Å². The summed E-state index contributed by atoms with van der Waals surface area (Å²) in [6.45, 7) is 3.91. The third-order valence-electron chi connectivity index (χ3n) is 5.43. The molecule has 3 aromatic rings. The number of imide groups is 1. The Kier molecular flexibility index (Phi) is 5.75. The number of esters is 1. The summed E-state index contributed by atoms with van der Waals surface area (Å²) in [4.78, 5) is 54.4. The predicted octanol–water partition coefficient (Wildman–Crippen LogP) is 2.89. The third-order valence-corrected chi connectivity index (χ3v) is 6.48. The van der Waals surface area contributed by atoms with Crippen molar-refractivity contribution in [1.82, 2.24) is 4.57 Å². The van der Waals surface area contributed by atoms with Gasteiger partial charge in [0.1, 0.15) is 6.54 Å². The van der Waals surface area contributed by atoms with Crippen molar-refractivity contribution in [3.8, 4) is 0 Å². The van der Waals surface area contributed by atoms with Gasteiger partial charge in [0.15, 0.2) is 4.80 Å². The molecule has 2 heterocycles. The van der Waals surface area contributed by atoms with Crippen molar-refractivity contribution < 1.29 is 23.9 Å². The molecule has 164 valence electrons. The summed E-state index contributed by atoms with van der Waals surface area (Å²) in [5.41, 5.74) is 3.71. The number of carbonyl (C=O) groups is 4. The maximum absolute atomic E-state index is 12.9. The molecule has 0 unspecified atom stereocenters. The normalized spacial score (nSPS) is 14.5. The van der Waals surface area contributed by atoms with Crippen molar-refractivity contribution in [3.63, 3.8) is 0 Å². The van der Waals surface area contributed by atoms with E-state index in [1.807, 2.05) is 26.0 Å². The molecule has 32 heavy (non-hydrogen) atoms. The van der Waals surface area contributed by atoms with Gasteiger partial charge in [0.05, 0.1) is 23.0 Å². The Labute approximate surface area is 187 Å². The molecule has 0 atom stereocenters. The van der Waals surface area contributed by atoms with E-state index < -0.39 is 11.9 Å². The topological polar surface area (TPSA) is 98.0 Å². The van der Waals surface area contributed by atoms with Gasteiger partial charge in [0.25, 0.3) is 5.91 Å². The summed E-state index contributed by atoms with van der Waals surface area (Å²) in [7, 11) is 1.31. The number of benzene rings is 2. The Morgan fingerprint density at radius 1 is 1.03 bits per heavy atom. The van der Waals surface area contributed by atoms with Crippen molar-refractivity contribution in [3.05, 3.63) is 57.9 Å². The molecule has 0 N–H and O–H groups in total. The monoisotopic (exact) mass is 451 g/mol. The highest BCUT2D eigenvalue weighted by Gasteiger charge is 2.30. The first kappa shape index (κ1) is 21.6. The van der Waals surface area contributed by atoms with Crippen LogP contribution in [-0.4, -0.2) is 35.4 Å².